The number of hydrogen-bond donors (Lipinski definition) is 1. The molecule has 0 fully saturated rings. The Morgan fingerprint density at radius 3 is 2.30 bits per heavy atom. The lowest BCUT2D eigenvalue weighted by Crippen LogP contribution is -2.25. The van der Waals surface area contributed by atoms with Gasteiger partial charge >= 0.3 is 5.97 Å². The highest BCUT2D eigenvalue weighted by Crippen LogP contribution is 2.17. The fourth-order valence-electron chi connectivity index (χ4n) is 1.53. The number of hydrogen-bond acceptors (Lipinski definition) is 5. The number of carbonyl (C=O) groups excluding carboxylic acids is 2. The molecule has 1 rings (SSSR count). The van der Waals surface area contributed by atoms with Gasteiger partial charge in [-0.1, -0.05) is 26.0 Å². The summed E-state index contributed by atoms with van der Waals surface area (Å²) in [6, 6.07) is 7.64. The smallest absolute Gasteiger partial charge is 0.362 e. The first-order chi connectivity index (χ1) is 9.45. The summed E-state index contributed by atoms with van der Waals surface area (Å²) in [6.07, 6.45) is 0. The highest BCUT2D eigenvalue weighted by Gasteiger charge is 2.17. The number of hydrazone groups is 1. The standard InChI is InChI=1S/C15H20N2O3/c1-5-20-15(19)14(11(4)18)17-16-13-8-6-12(7-9-13)10(2)3/h6-10,16H,5H2,1-4H3. The van der Waals surface area contributed by atoms with Crippen LogP contribution in [0.25, 0.3) is 0 Å². The van der Waals surface area contributed by atoms with Crippen molar-refractivity contribution in [2.24, 2.45) is 5.10 Å². The SMILES string of the molecule is CCOC(=O)C(=NNc1ccc(C(C)C)cc1)C(C)=O. The topological polar surface area (TPSA) is 67.8 Å². The zero-order valence-electron chi connectivity index (χ0n) is 12.3. The largest absolute Gasteiger partial charge is 0.461 e. The molecule has 0 aromatic heterocycles. The van der Waals surface area contributed by atoms with Crippen LogP contribution in [0.3, 0.4) is 0 Å². The van der Waals surface area contributed by atoms with Gasteiger partial charge in [-0.3, -0.25) is 10.2 Å². The van der Waals surface area contributed by atoms with Gasteiger partial charge in [-0.15, -0.1) is 0 Å². The van der Waals surface area contributed by atoms with Crippen molar-refractivity contribution in [2.45, 2.75) is 33.6 Å². The molecule has 1 N–H and O–H groups in total. The van der Waals surface area contributed by atoms with Crippen LogP contribution in [0.5, 0.6) is 0 Å². The number of ether oxygens (including phenoxy) is 1. The molecule has 0 unspecified atom stereocenters. The molecule has 0 heterocycles. The first kappa shape index (κ1) is 15.9. The Kier molecular flexibility index (Phi) is 5.90. The fourth-order valence-corrected chi connectivity index (χ4v) is 1.53. The third-order valence-corrected chi connectivity index (χ3v) is 2.68. The quantitative estimate of drug-likeness (QED) is 0.375. The molecule has 108 valence electrons. The molecule has 0 saturated heterocycles. The second-order valence-electron chi connectivity index (χ2n) is 4.63. The molecule has 5 heteroatoms. The number of rotatable bonds is 6. The number of anilines is 1. The maximum Gasteiger partial charge on any atom is 0.362 e. The van der Waals surface area contributed by atoms with Crippen molar-refractivity contribution in [3.63, 3.8) is 0 Å². The van der Waals surface area contributed by atoms with E-state index in [9.17, 15) is 9.59 Å². The van der Waals surface area contributed by atoms with Crippen LogP contribution in [0.15, 0.2) is 29.4 Å². The highest BCUT2D eigenvalue weighted by molar-refractivity contribution is 6.64. The van der Waals surface area contributed by atoms with Crippen molar-refractivity contribution in [3.05, 3.63) is 29.8 Å². The highest BCUT2D eigenvalue weighted by atomic mass is 16.5. The van der Waals surface area contributed by atoms with Crippen molar-refractivity contribution in [3.8, 4) is 0 Å². The summed E-state index contributed by atoms with van der Waals surface area (Å²) in [6.45, 7) is 7.37. The summed E-state index contributed by atoms with van der Waals surface area (Å²) in [5.41, 5.74) is 4.37. The molecule has 0 aliphatic heterocycles. The van der Waals surface area contributed by atoms with Gasteiger partial charge < -0.3 is 4.74 Å². The van der Waals surface area contributed by atoms with Crippen LogP contribution in [0.1, 0.15) is 39.2 Å². The molecule has 0 bridgehead atoms. The molecule has 0 aliphatic carbocycles. The van der Waals surface area contributed by atoms with Gasteiger partial charge in [0.2, 0.25) is 5.71 Å². The lowest BCUT2D eigenvalue weighted by Gasteiger charge is -2.07. The molecule has 1 aromatic carbocycles. The average molecular weight is 276 g/mol. The molecule has 5 nitrogen and oxygen atoms in total. The molecule has 0 amide bonds. The molecule has 0 atom stereocenters. The summed E-state index contributed by atoms with van der Waals surface area (Å²) in [4.78, 5) is 22.9. The van der Waals surface area contributed by atoms with E-state index in [0.717, 1.165) is 0 Å². The predicted octanol–water partition coefficient (Wildman–Crippen LogP) is 2.73. The van der Waals surface area contributed by atoms with Crippen molar-refractivity contribution < 1.29 is 14.3 Å². The lowest BCUT2D eigenvalue weighted by atomic mass is 10.0. The number of nitrogens with one attached hydrogen (secondary N) is 1. The van der Waals surface area contributed by atoms with E-state index in [2.05, 4.69) is 24.4 Å². The van der Waals surface area contributed by atoms with Crippen LogP contribution < -0.4 is 5.43 Å². The van der Waals surface area contributed by atoms with E-state index < -0.39 is 11.8 Å². The number of Topliss-reactive ketones (excluding diaryl/α,β-unsaturated/α-hetero) is 1. The van der Waals surface area contributed by atoms with Crippen LogP contribution in [-0.2, 0) is 14.3 Å². The molecule has 0 saturated carbocycles. The molecular weight excluding hydrogens is 256 g/mol. The molecule has 0 spiro atoms. The van der Waals surface area contributed by atoms with Crippen LogP contribution in [0, 0.1) is 0 Å². The zero-order valence-corrected chi connectivity index (χ0v) is 12.3. The van der Waals surface area contributed by atoms with Gasteiger partial charge in [-0.05, 0) is 30.5 Å². The maximum atomic E-state index is 11.5. The Morgan fingerprint density at radius 1 is 1.25 bits per heavy atom. The van der Waals surface area contributed by atoms with Gasteiger partial charge in [0.25, 0.3) is 0 Å². The van der Waals surface area contributed by atoms with Gasteiger partial charge in [0, 0.05) is 6.92 Å². The Bertz CT molecular complexity index is 504. The third-order valence-electron chi connectivity index (χ3n) is 2.68. The van der Waals surface area contributed by atoms with E-state index >= 15 is 0 Å². The Hall–Kier alpha value is -2.17. The van der Waals surface area contributed by atoms with Crippen molar-refractivity contribution in [1.82, 2.24) is 0 Å². The number of ketones is 1. The minimum absolute atomic E-state index is 0.203. The van der Waals surface area contributed by atoms with E-state index in [4.69, 9.17) is 4.74 Å². The summed E-state index contributed by atoms with van der Waals surface area (Å²) in [7, 11) is 0. The zero-order chi connectivity index (χ0) is 15.1. The molecule has 20 heavy (non-hydrogen) atoms. The van der Waals surface area contributed by atoms with E-state index in [1.807, 2.05) is 24.3 Å². The van der Waals surface area contributed by atoms with Gasteiger partial charge in [-0.25, -0.2) is 4.79 Å². The second kappa shape index (κ2) is 7.43. The van der Waals surface area contributed by atoms with E-state index in [1.165, 1.54) is 12.5 Å². The Labute approximate surface area is 119 Å². The van der Waals surface area contributed by atoms with Gasteiger partial charge in [0.05, 0.1) is 12.3 Å². The fraction of sp³-hybridized carbons (Fsp3) is 0.400. The summed E-state index contributed by atoms with van der Waals surface area (Å²) < 4.78 is 4.77. The van der Waals surface area contributed by atoms with Gasteiger partial charge in [0.15, 0.2) is 5.78 Å². The average Bonchev–Trinajstić information content (AvgIpc) is 2.39. The van der Waals surface area contributed by atoms with E-state index in [-0.39, 0.29) is 12.3 Å². The van der Waals surface area contributed by atoms with Crippen LogP contribution in [0.2, 0.25) is 0 Å². The summed E-state index contributed by atoms with van der Waals surface area (Å²) >= 11 is 0. The second-order valence-corrected chi connectivity index (χ2v) is 4.63. The first-order valence-electron chi connectivity index (χ1n) is 6.57. The van der Waals surface area contributed by atoms with E-state index in [0.29, 0.717) is 11.6 Å². The Morgan fingerprint density at radius 2 is 1.85 bits per heavy atom. The maximum absolute atomic E-state index is 11.5. The molecular formula is C15H20N2O3. The molecule has 1 aromatic rings. The predicted molar refractivity (Wildman–Crippen MR) is 78.9 cm³/mol. The minimum atomic E-state index is -0.716. The van der Waals surface area contributed by atoms with Crippen LogP contribution in [-0.4, -0.2) is 24.1 Å². The normalized spacial score (nSPS) is 11.3. The number of carbonyl (C=O) groups is 2. The first-order valence-corrected chi connectivity index (χ1v) is 6.57. The van der Waals surface area contributed by atoms with Gasteiger partial charge in [0.1, 0.15) is 0 Å². The third kappa shape index (κ3) is 4.50. The number of esters is 1. The van der Waals surface area contributed by atoms with Crippen molar-refractivity contribution in [1.29, 1.82) is 0 Å². The summed E-state index contributed by atoms with van der Waals surface area (Å²) in [5, 5.41) is 3.83. The van der Waals surface area contributed by atoms with Crippen LogP contribution in [0.4, 0.5) is 5.69 Å². The lowest BCUT2D eigenvalue weighted by molar-refractivity contribution is -0.135. The molecule has 0 radical (unpaired) electrons. The number of nitrogens with zero attached hydrogens (tertiary/aromatic N) is 1. The van der Waals surface area contributed by atoms with Crippen LogP contribution >= 0.6 is 0 Å². The summed E-state index contributed by atoms with van der Waals surface area (Å²) in [5.74, 6) is -0.707. The van der Waals surface area contributed by atoms with Crippen molar-refractivity contribution >= 4 is 23.2 Å². The molecule has 0 aliphatic rings. The number of benzene rings is 1. The Balaban J connectivity index is 2.82. The van der Waals surface area contributed by atoms with Crippen molar-refractivity contribution in [2.75, 3.05) is 12.0 Å². The monoisotopic (exact) mass is 276 g/mol. The minimum Gasteiger partial charge on any atom is -0.461 e. The van der Waals surface area contributed by atoms with Gasteiger partial charge in [-0.2, -0.15) is 5.10 Å². The van der Waals surface area contributed by atoms with E-state index in [1.54, 1.807) is 6.92 Å².